The standard InChI is InChI=1S/C16H29N5OS.HI/c1-5-14-20-13(11-23-14)10-18-15(17-4)19-12-16(2,3)21-6-8-22-9-7-21;/h11H,5-10,12H2,1-4H3,(H2,17,18,19);1H. The van der Waals surface area contributed by atoms with Gasteiger partial charge in [0.1, 0.15) is 0 Å². The average molecular weight is 467 g/mol. The van der Waals surface area contributed by atoms with Gasteiger partial charge in [0.05, 0.1) is 30.5 Å². The lowest BCUT2D eigenvalue weighted by Gasteiger charge is -2.41. The second kappa shape index (κ2) is 10.5. The fourth-order valence-electron chi connectivity index (χ4n) is 2.57. The van der Waals surface area contributed by atoms with Gasteiger partial charge < -0.3 is 15.4 Å². The molecule has 2 rings (SSSR count). The number of rotatable bonds is 6. The second-order valence-electron chi connectivity index (χ2n) is 6.28. The molecule has 1 saturated heterocycles. The highest BCUT2D eigenvalue weighted by molar-refractivity contribution is 14.0. The SMILES string of the molecule is CCc1nc(CNC(=NC)NCC(C)(C)N2CCOCC2)cs1.I. The molecule has 138 valence electrons. The zero-order chi connectivity index (χ0) is 16.7. The van der Waals surface area contributed by atoms with E-state index in [1.54, 1.807) is 18.4 Å². The zero-order valence-electron chi connectivity index (χ0n) is 15.1. The summed E-state index contributed by atoms with van der Waals surface area (Å²) in [6.07, 6.45) is 0.991. The van der Waals surface area contributed by atoms with Crippen LogP contribution in [0.5, 0.6) is 0 Å². The summed E-state index contributed by atoms with van der Waals surface area (Å²) in [6, 6.07) is 0. The predicted octanol–water partition coefficient (Wildman–Crippen LogP) is 2.10. The molecular formula is C16H30IN5OS. The molecule has 8 heteroatoms. The van der Waals surface area contributed by atoms with Crippen molar-refractivity contribution in [2.45, 2.75) is 39.3 Å². The van der Waals surface area contributed by atoms with Crippen LogP contribution in [0.4, 0.5) is 0 Å². The number of aliphatic imine (C=N–C) groups is 1. The fourth-order valence-corrected chi connectivity index (χ4v) is 3.31. The maximum atomic E-state index is 5.44. The van der Waals surface area contributed by atoms with Gasteiger partial charge in [-0.15, -0.1) is 35.3 Å². The maximum absolute atomic E-state index is 5.44. The second-order valence-corrected chi connectivity index (χ2v) is 7.22. The van der Waals surface area contributed by atoms with Crippen LogP contribution in [-0.2, 0) is 17.7 Å². The summed E-state index contributed by atoms with van der Waals surface area (Å²) >= 11 is 1.72. The number of thiazole rings is 1. The summed E-state index contributed by atoms with van der Waals surface area (Å²) in [7, 11) is 1.80. The highest BCUT2D eigenvalue weighted by Crippen LogP contribution is 2.15. The summed E-state index contributed by atoms with van der Waals surface area (Å²) in [5.41, 5.74) is 1.14. The van der Waals surface area contributed by atoms with E-state index in [-0.39, 0.29) is 29.5 Å². The third kappa shape index (κ3) is 6.45. The van der Waals surface area contributed by atoms with Crippen LogP contribution in [0.1, 0.15) is 31.5 Å². The lowest BCUT2D eigenvalue weighted by molar-refractivity contribution is -0.00834. The first kappa shape index (κ1) is 21.6. The van der Waals surface area contributed by atoms with Crippen LogP contribution < -0.4 is 10.6 Å². The van der Waals surface area contributed by atoms with Crippen molar-refractivity contribution in [1.82, 2.24) is 20.5 Å². The molecule has 6 nitrogen and oxygen atoms in total. The van der Waals surface area contributed by atoms with Gasteiger partial charge in [0.15, 0.2) is 5.96 Å². The summed E-state index contributed by atoms with van der Waals surface area (Å²) in [6.45, 7) is 11.8. The minimum absolute atomic E-state index is 0. The van der Waals surface area contributed by atoms with Crippen LogP contribution in [0.15, 0.2) is 10.4 Å². The fraction of sp³-hybridized carbons (Fsp3) is 0.750. The molecule has 0 aliphatic carbocycles. The Balaban J connectivity index is 0.00000288. The van der Waals surface area contributed by atoms with E-state index >= 15 is 0 Å². The average Bonchev–Trinajstić information content (AvgIpc) is 3.04. The third-order valence-corrected chi connectivity index (χ3v) is 5.16. The number of nitrogens with zero attached hydrogens (tertiary/aromatic N) is 3. The Morgan fingerprint density at radius 1 is 1.38 bits per heavy atom. The minimum atomic E-state index is 0. The van der Waals surface area contributed by atoms with Crippen molar-refractivity contribution < 1.29 is 4.74 Å². The number of nitrogens with one attached hydrogen (secondary N) is 2. The highest BCUT2D eigenvalue weighted by atomic mass is 127. The van der Waals surface area contributed by atoms with Crippen LogP contribution in [0.25, 0.3) is 0 Å². The number of aromatic nitrogens is 1. The zero-order valence-corrected chi connectivity index (χ0v) is 18.2. The molecule has 0 bridgehead atoms. The summed E-state index contributed by atoms with van der Waals surface area (Å²) in [4.78, 5) is 11.3. The van der Waals surface area contributed by atoms with Crippen LogP contribution in [0.3, 0.4) is 0 Å². The maximum Gasteiger partial charge on any atom is 0.191 e. The van der Waals surface area contributed by atoms with Crippen molar-refractivity contribution in [1.29, 1.82) is 0 Å². The van der Waals surface area contributed by atoms with Crippen molar-refractivity contribution in [2.75, 3.05) is 39.9 Å². The number of halogens is 1. The van der Waals surface area contributed by atoms with E-state index < -0.39 is 0 Å². The molecule has 24 heavy (non-hydrogen) atoms. The Labute approximate surface area is 166 Å². The van der Waals surface area contributed by atoms with Crippen molar-refractivity contribution in [3.8, 4) is 0 Å². The predicted molar refractivity (Wildman–Crippen MR) is 112 cm³/mol. The number of hydrogen-bond donors (Lipinski definition) is 2. The number of hydrogen-bond acceptors (Lipinski definition) is 5. The molecule has 2 heterocycles. The Morgan fingerprint density at radius 2 is 2.08 bits per heavy atom. The Kier molecular flexibility index (Phi) is 9.47. The van der Waals surface area contributed by atoms with Crippen LogP contribution in [-0.4, -0.2) is 61.3 Å². The van der Waals surface area contributed by atoms with Crippen LogP contribution in [0, 0.1) is 0 Å². The number of aryl methyl sites for hydroxylation is 1. The van der Waals surface area contributed by atoms with Gasteiger partial charge in [-0.25, -0.2) is 4.98 Å². The molecule has 0 amide bonds. The number of ether oxygens (including phenoxy) is 1. The van der Waals surface area contributed by atoms with Gasteiger partial charge in [0, 0.05) is 37.6 Å². The molecule has 1 aliphatic rings. The highest BCUT2D eigenvalue weighted by Gasteiger charge is 2.28. The lowest BCUT2D eigenvalue weighted by Crippen LogP contribution is -2.56. The molecule has 2 N–H and O–H groups in total. The van der Waals surface area contributed by atoms with Crippen molar-refractivity contribution >= 4 is 41.3 Å². The minimum Gasteiger partial charge on any atom is -0.379 e. The molecule has 1 aromatic rings. The molecule has 0 radical (unpaired) electrons. The molecule has 1 fully saturated rings. The monoisotopic (exact) mass is 467 g/mol. The largest absolute Gasteiger partial charge is 0.379 e. The smallest absolute Gasteiger partial charge is 0.191 e. The summed E-state index contributed by atoms with van der Waals surface area (Å²) in [5, 5.41) is 10.1. The van der Waals surface area contributed by atoms with Crippen molar-refractivity contribution in [3.63, 3.8) is 0 Å². The van der Waals surface area contributed by atoms with Gasteiger partial charge in [-0.3, -0.25) is 9.89 Å². The molecule has 1 aromatic heterocycles. The van der Waals surface area contributed by atoms with E-state index in [1.807, 2.05) is 0 Å². The van der Waals surface area contributed by atoms with Gasteiger partial charge in [0.25, 0.3) is 0 Å². The quantitative estimate of drug-likeness (QED) is 0.381. The molecule has 0 spiro atoms. The molecule has 0 saturated carbocycles. The normalized spacial score (nSPS) is 16.6. The van der Waals surface area contributed by atoms with Gasteiger partial charge in [-0.2, -0.15) is 0 Å². The Bertz CT molecular complexity index is 514. The van der Waals surface area contributed by atoms with Crippen LogP contribution >= 0.6 is 35.3 Å². The molecule has 0 atom stereocenters. The van der Waals surface area contributed by atoms with Crippen LogP contribution in [0.2, 0.25) is 0 Å². The van der Waals surface area contributed by atoms with E-state index in [1.165, 1.54) is 5.01 Å². The van der Waals surface area contributed by atoms with E-state index in [2.05, 4.69) is 51.7 Å². The van der Waals surface area contributed by atoms with E-state index in [4.69, 9.17) is 4.74 Å². The molecular weight excluding hydrogens is 437 g/mol. The van der Waals surface area contributed by atoms with E-state index in [0.29, 0.717) is 6.54 Å². The summed E-state index contributed by atoms with van der Waals surface area (Å²) < 4.78 is 5.44. The van der Waals surface area contributed by atoms with Gasteiger partial charge in [-0.1, -0.05) is 6.92 Å². The third-order valence-electron chi connectivity index (χ3n) is 4.12. The first-order chi connectivity index (χ1) is 11.0. The van der Waals surface area contributed by atoms with Gasteiger partial charge in [0.2, 0.25) is 0 Å². The lowest BCUT2D eigenvalue weighted by atomic mass is 10.0. The Morgan fingerprint density at radius 3 is 2.67 bits per heavy atom. The van der Waals surface area contributed by atoms with Gasteiger partial charge in [-0.05, 0) is 20.3 Å². The van der Waals surface area contributed by atoms with E-state index in [0.717, 1.165) is 50.9 Å². The molecule has 0 unspecified atom stereocenters. The van der Waals surface area contributed by atoms with Crippen molar-refractivity contribution in [3.05, 3.63) is 16.1 Å². The first-order valence-electron chi connectivity index (χ1n) is 8.25. The topological polar surface area (TPSA) is 61.8 Å². The number of guanidine groups is 1. The van der Waals surface area contributed by atoms with E-state index in [9.17, 15) is 0 Å². The van der Waals surface area contributed by atoms with Gasteiger partial charge >= 0.3 is 0 Å². The molecule has 0 aromatic carbocycles. The Hall–Kier alpha value is -0.450. The first-order valence-corrected chi connectivity index (χ1v) is 9.13. The van der Waals surface area contributed by atoms with Crippen molar-refractivity contribution in [2.24, 2.45) is 4.99 Å². The number of morpholine rings is 1. The molecule has 1 aliphatic heterocycles. The summed E-state index contributed by atoms with van der Waals surface area (Å²) in [5.74, 6) is 0.817.